The van der Waals surface area contributed by atoms with Gasteiger partial charge in [-0.2, -0.15) is 0 Å². The van der Waals surface area contributed by atoms with Crippen LogP contribution in [0, 0.1) is 11.3 Å². The van der Waals surface area contributed by atoms with E-state index in [0.29, 0.717) is 12.3 Å². The largest absolute Gasteiger partial charge is 0.388 e. The van der Waals surface area contributed by atoms with Crippen LogP contribution in [0.15, 0.2) is 0 Å². The summed E-state index contributed by atoms with van der Waals surface area (Å²) in [5.74, 6) is 1.22. The van der Waals surface area contributed by atoms with Crippen LogP contribution < -0.4 is 5.73 Å². The fourth-order valence-electron chi connectivity index (χ4n) is 1.52. The first-order valence-corrected chi connectivity index (χ1v) is 4.70. The molecule has 0 aliphatic heterocycles. The maximum atomic E-state index is 7.08. The van der Waals surface area contributed by atoms with E-state index in [-0.39, 0.29) is 0 Å². The van der Waals surface area contributed by atoms with Gasteiger partial charge >= 0.3 is 0 Å². The second kappa shape index (κ2) is 4.45. The van der Waals surface area contributed by atoms with Crippen molar-refractivity contribution in [3.63, 3.8) is 0 Å². The Kier molecular flexibility index (Phi) is 3.53. The van der Waals surface area contributed by atoms with E-state index < -0.39 is 0 Å². The summed E-state index contributed by atoms with van der Waals surface area (Å²) in [6.45, 7) is 2.12. The van der Waals surface area contributed by atoms with Gasteiger partial charge in [0.2, 0.25) is 0 Å². The molecule has 0 aromatic rings. The van der Waals surface area contributed by atoms with Gasteiger partial charge in [-0.05, 0) is 25.8 Å². The predicted octanol–water partition coefficient (Wildman–Crippen LogP) is 1.04. The number of nitrogens with zero attached hydrogens (tertiary/aromatic N) is 1. The predicted molar refractivity (Wildman–Crippen MR) is 51.4 cm³/mol. The standard InChI is InChI=1S/C9H19N3/c1-12(6-5-9(10)11)7-8-3-2-4-8/h8H,2-7H2,1H3,(H3,10,11). The first kappa shape index (κ1) is 9.52. The maximum absolute atomic E-state index is 7.08. The lowest BCUT2D eigenvalue weighted by atomic mass is 9.85. The van der Waals surface area contributed by atoms with Crippen LogP contribution in [0.3, 0.4) is 0 Å². The van der Waals surface area contributed by atoms with Crippen molar-refractivity contribution in [2.45, 2.75) is 25.7 Å². The van der Waals surface area contributed by atoms with Crippen LogP contribution in [0.25, 0.3) is 0 Å². The van der Waals surface area contributed by atoms with Gasteiger partial charge in [-0.25, -0.2) is 0 Å². The second-order valence-corrected chi connectivity index (χ2v) is 3.83. The van der Waals surface area contributed by atoms with Gasteiger partial charge in [0, 0.05) is 19.5 Å². The van der Waals surface area contributed by atoms with Gasteiger partial charge in [-0.1, -0.05) is 6.42 Å². The van der Waals surface area contributed by atoms with E-state index >= 15 is 0 Å². The molecular formula is C9H19N3. The van der Waals surface area contributed by atoms with Crippen LogP contribution in [0.1, 0.15) is 25.7 Å². The second-order valence-electron chi connectivity index (χ2n) is 3.83. The van der Waals surface area contributed by atoms with Crippen LogP contribution in [0.5, 0.6) is 0 Å². The van der Waals surface area contributed by atoms with Crippen molar-refractivity contribution in [2.24, 2.45) is 11.7 Å². The molecule has 0 atom stereocenters. The van der Waals surface area contributed by atoms with Crippen LogP contribution in [0.4, 0.5) is 0 Å². The highest BCUT2D eigenvalue weighted by Crippen LogP contribution is 2.26. The fraction of sp³-hybridized carbons (Fsp3) is 0.889. The zero-order chi connectivity index (χ0) is 8.97. The molecule has 1 aliphatic carbocycles. The minimum absolute atomic E-state index is 0.301. The third-order valence-electron chi connectivity index (χ3n) is 2.56. The van der Waals surface area contributed by atoms with Crippen LogP contribution in [0.2, 0.25) is 0 Å². The van der Waals surface area contributed by atoms with Gasteiger partial charge in [0.25, 0.3) is 0 Å². The first-order valence-electron chi connectivity index (χ1n) is 4.70. The number of hydrogen-bond acceptors (Lipinski definition) is 2. The van der Waals surface area contributed by atoms with Gasteiger partial charge in [-0.15, -0.1) is 0 Å². The molecule has 3 heteroatoms. The normalized spacial score (nSPS) is 17.8. The Hall–Kier alpha value is -0.570. The summed E-state index contributed by atoms with van der Waals surface area (Å²) in [4.78, 5) is 2.28. The Bertz CT molecular complexity index is 152. The van der Waals surface area contributed by atoms with Crippen molar-refractivity contribution in [2.75, 3.05) is 20.1 Å². The van der Waals surface area contributed by atoms with E-state index in [1.54, 1.807) is 0 Å². The van der Waals surface area contributed by atoms with Crippen molar-refractivity contribution in [3.05, 3.63) is 0 Å². The van der Waals surface area contributed by atoms with E-state index in [1.165, 1.54) is 25.8 Å². The smallest absolute Gasteiger partial charge is 0.0918 e. The molecule has 0 spiro atoms. The molecule has 1 fully saturated rings. The molecule has 0 saturated heterocycles. The lowest BCUT2D eigenvalue weighted by Gasteiger charge is -2.29. The quantitative estimate of drug-likeness (QED) is 0.477. The monoisotopic (exact) mass is 169 g/mol. The Morgan fingerprint density at radius 1 is 1.58 bits per heavy atom. The van der Waals surface area contributed by atoms with Gasteiger partial charge < -0.3 is 10.6 Å². The average molecular weight is 169 g/mol. The zero-order valence-corrected chi connectivity index (χ0v) is 7.84. The molecule has 1 rings (SSSR count). The van der Waals surface area contributed by atoms with E-state index in [2.05, 4.69) is 11.9 Å². The number of nitrogens with one attached hydrogen (secondary N) is 1. The van der Waals surface area contributed by atoms with Crippen molar-refractivity contribution in [3.8, 4) is 0 Å². The molecule has 0 amide bonds. The lowest BCUT2D eigenvalue weighted by molar-refractivity contribution is 0.209. The molecule has 0 aromatic carbocycles. The number of amidine groups is 1. The van der Waals surface area contributed by atoms with Crippen molar-refractivity contribution in [1.82, 2.24) is 4.90 Å². The molecule has 3 nitrogen and oxygen atoms in total. The molecule has 3 N–H and O–H groups in total. The van der Waals surface area contributed by atoms with Gasteiger partial charge in [-0.3, -0.25) is 5.41 Å². The summed E-state index contributed by atoms with van der Waals surface area (Å²) in [7, 11) is 2.11. The van der Waals surface area contributed by atoms with E-state index in [0.717, 1.165) is 12.5 Å². The number of nitrogens with two attached hydrogens (primary N) is 1. The summed E-state index contributed by atoms with van der Waals surface area (Å²) in [5, 5.41) is 7.08. The highest BCUT2D eigenvalue weighted by molar-refractivity contribution is 5.76. The minimum Gasteiger partial charge on any atom is -0.388 e. The highest BCUT2D eigenvalue weighted by Gasteiger charge is 2.18. The van der Waals surface area contributed by atoms with E-state index in [9.17, 15) is 0 Å². The SMILES string of the molecule is CN(CCC(=N)N)CC1CCC1. The minimum atomic E-state index is 0.301. The molecule has 0 unspecified atom stereocenters. The maximum Gasteiger partial charge on any atom is 0.0918 e. The Morgan fingerprint density at radius 3 is 2.67 bits per heavy atom. The Morgan fingerprint density at radius 2 is 2.25 bits per heavy atom. The van der Waals surface area contributed by atoms with Gasteiger partial charge in [0.05, 0.1) is 5.84 Å². The van der Waals surface area contributed by atoms with Gasteiger partial charge in [0.15, 0.2) is 0 Å². The number of hydrogen-bond donors (Lipinski definition) is 2. The molecule has 0 aromatic heterocycles. The molecule has 70 valence electrons. The third-order valence-corrected chi connectivity index (χ3v) is 2.56. The van der Waals surface area contributed by atoms with Gasteiger partial charge in [0.1, 0.15) is 0 Å². The zero-order valence-electron chi connectivity index (χ0n) is 7.84. The van der Waals surface area contributed by atoms with Crippen molar-refractivity contribution >= 4 is 5.84 Å². The molecule has 1 aliphatic rings. The van der Waals surface area contributed by atoms with E-state index in [4.69, 9.17) is 11.1 Å². The average Bonchev–Trinajstić information content (AvgIpc) is 1.93. The fourth-order valence-corrected chi connectivity index (χ4v) is 1.52. The molecule has 0 radical (unpaired) electrons. The third kappa shape index (κ3) is 3.22. The van der Waals surface area contributed by atoms with Crippen LogP contribution >= 0.6 is 0 Å². The molecule has 0 heterocycles. The molecule has 12 heavy (non-hydrogen) atoms. The summed E-state index contributed by atoms with van der Waals surface area (Å²) < 4.78 is 0. The first-order chi connectivity index (χ1) is 5.68. The summed E-state index contributed by atoms with van der Waals surface area (Å²) in [6, 6.07) is 0. The topological polar surface area (TPSA) is 53.1 Å². The van der Waals surface area contributed by atoms with Crippen LogP contribution in [-0.4, -0.2) is 30.9 Å². The van der Waals surface area contributed by atoms with Crippen molar-refractivity contribution < 1.29 is 0 Å². The lowest BCUT2D eigenvalue weighted by Crippen LogP contribution is -2.31. The Balaban J connectivity index is 2.02. The molecule has 0 bridgehead atoms. The highest BCUT2D eigenvalue weighted by atomic mass is 15.1. The molecular weight excluding hydrogens is 150 g/mol. The number of rotatable bonds is 5. The summed E-state index contributed by atoms with van der Waals surface area (Å²) >= 11 is 0. The van der Waals surface area contributed by atoms with Crippen LogP contribution in [-0.2, 0) is 0 Å². The summed E-state index contributed by atoms with van der Waals surface area (Å²) in [5.41, 5.74) is 5.27. The van der Waals surface area contributed by atoms with Crippen molar-refractivity contribution in [1.29, 1.82) is 5.41 Å². The Labute approximate surface area is 74.4 Å². The summed E-state index contributed by atoms with van der Waals surface area (Å²) in [6.07, 6.45) is 4.91. The van der Waals surface area contributed by atoms with E-state index in [1.807, 2.05) is 0 Å². The molecule has 1 saturated carbocycles.